The molecule has 0 heterocycles. The van der Waals surface area contributed by atoms with Gasteiger partial charge in [-0.25, -0.2) is 0 Å². The lowest BCUT2D eigenvalue weighted by Gasteiger charge is -2.30. The quantitative estimate of drug-likeness (QED) is 0.0950. The van der Waals surface area contributed by atoms with Crippen LogP contribution in [0.25, 0.3) is 0 Å². The van der Waals surface area contributed by atoms with Crippen LogP contribution in [0.5, 0.6) is 17.2 Å². The standard InChI is InChI=1S/C37H55NO5/c1-5-6-7-8-9-10-11-12-13-14-15-16-17-18-21-38(3,4)22-19-20-23-43-29-26-31-35(33(40)27-29)37(42)34-30(36(31)41)24-28(2)25-32(34)39/h24-27H,5-23H2,1-4H3,(H-,39,40,42)/p+1. The summed E-state index contributed by atoms with van der Waals surface area (Å²) in [7, 11) is 4.59. The lowest BCUT2D eigenvalue weighted by Crippen LogP contribution is -2.41. The third-order valence-electron chi connectivity index (χ3n) is 8.84. The van der Waals surface area contributed by atoms with Gasteiger partial charge < -0.3 is 19.4 Å². The van der Waals surface area contributed by atoms with Gasteiger partial charge in [0.15, 0.2) is 5.78 Å². The first-order valence-electron chi connectivity index (χ1n) is 16.9. The van der Waals surface area contributed by atoms with E-state index in [0.717, 1.165) is 23.9 Å². The van der Waals surface area contributed by atoms with Crippen LogP contribution in [0.3, 0.4) is 0 Å². The Morgan fingerprint density at radius 3 is 1.63 bits per heavy atom. The van der Waals surface area contributed by atoms with Crippen LogP contribution in [0.15, 0.2) is 24.3 Å². The molecule has 0 aliphatic heterocycles. The number of carbonyl (C=O) groups excluding carboxylic acids is 2. The van der Waals surface area contributed by atoms with Crippen molar-refractivity contribution in [2.24, 2.45) is 0 Å². The number of ether oxygens (including phenoxy) is 1. The fraction of sp³-hybridized carbons (Fsp3) is 0.622. The Hall–Kier alpha value is -2.86. The lowest BCUT2D eigenvalue weighted by molar-refractivity contribution is -0.890. The molecule has 1 aliphatic rings. The summed E-state index contributed by atoms with van der Waals surface area (Å²) in [5, 5.41) is 20.9. The number of phenolic OH excluding ortho intramolecular Hbond substituents is 2. The Labute approximate surface area is 260 Å². The average Bonchev–Trinajstić information content (AvgIpc) is 2.95. The number of hydrogen-bond acceptors (Lipinski definition) is 5. The average molecular weight is 595 g/mol. The molecule has 0 spiro atoms. The molecule has 3 rings (SSSR count). The van der Waals surface area contributed by atoms with Gasteiger partial charge in [0.1, 0.15) is 17.2 Å². The van der Waals surface area contributed by atoms with E-state index in [9.17, 15) is 19.8 Å². The fourth-order valence-electron chi connectivity index (χ4n) is 6.24. The molecule has 2 N–H and O–H groups in total. The summed E-state index contributed by atoms with van der Waals surface area (Å²) in [6.07, 6.45) is 21.2. The van der Waals surface area contributed by atoms with Crippen LogP contribution in [0.1, 0.15) is 147 Å². The first-order chi connectivity index (χ1) is 20.6. The van der Waals surface area contributed by atoms with Gasteiger partial charge in [0, 0.05) is 17.2 Å². The Bertz CT molecular complexity index is 1200. The molecule has 2 aromatic carbocycles. The summed E-state index contributed by atoms with van der Waals surface area (Å²) in [6, 6.07) is 5.97. The molecule has 0 bridgehead atoms. The van der Waals surface area contributed by atoms with Crippen LogP contribution in [0.2, 0.25) is 0 Å². The van der Waals surface area contributed by atoms with Crippen LogP contribution in [-0.2, 0) is 0 Å². The van der Waals surface area contributed by atoms with Crippen molar-refractivity contribution in [3.63, 3.8) is 0 Å². The van der Waals surface area contributed by atoms with Gasteiger partial charge in [-0.3, -0.25) is 9.59 Å². The number of ketones is 2. The number of quaternary nitrogens is 1. The molecule has 6 nitrogen and oxygen atoms in total. The number of carbonyl (C=O) groups is 2. The normalized spacial score (nSPS) is 12.8. The van der Waals surface area contributed by atoms with E-state index in [1.807, 2.05) is 0 Å². The van der Waals surface area contributed by atoms with Crippen molar-refractivity contribution in [1.82, 2.24) is 0 Å². The van der Waals surface area contributed by atoms with E-state index in [4.69, 9.17) is 4.74 Å². The van der Waals surface area contributed by atoms with Crippen LogP contribution >= 0.6 is 0 Å². The first-order valence-corrected chi connectivity index (χ1v) is 16.9. The summed E-state index contributed by atoms with van der Waals surface area (Å²) in [5.74, 6) is -1.13. The molecule has 0 fully saturated rings. The highest BCUT2D eigenvalue weighted by Crippen LogP contribution is 2.39. The van der Waals surface area contributed by atoms with E-state index < -0.39 is 11.6 Å². The minimum Gasteiger partial charge on any atom is -0.507 e. The monoisotopic (exact) mass is 594 g/mol. The van der Waals surface area contributed by atoms with Gasteiger partial charge in [0.05, 0.1) is 44.9 Å². The SMILES string of the molecule is CCCCCCCCCCCCCCCC[N+](C)(C)CCCCOc1cc(O)c2c(c1)C(=O)c1cc(C)cc(O)c1C2=O. The van der Waals surface area contributed by atoms with Crippen LogP contribution in [0.4, 0.5) is 0 Å². The number of nitrogens with zero attached hydrogens (tertiary/aromatic N) is 1. The van der Waals surface area contributed by atoms with Gasteiger partial charge in [-0.15, -0.1) is 0 Å². The molecule has 6 heteroatoms. The number of aromatic hydroxyl groups is 2. The van der Waals surface area contributed by atoms with Crippen molar-refractivity contribution in [1.29, 1.82) is 0 Å². The molecule has 0 atom stereocenters. The molecule has 0 aromatic heterocycles. The van der Waals surface area contributed by atoms with E-state index in [1.54, 1.807) is 13.0 Å². The smallest absolute Gasteiger partial charge is 0.201 e. The Morgan fingerprint density at radius 2 is 1.07 bits per heavy atom. The van der Waals surface area contributed by atoms with Crippen molar-refractivity contribution in [2.75, 3.05) is 33.8 Å². The largest absolute Gasteiger partial charge is 0.507 e. The predicted octanol–water partition coefficient (Wildman–Crippen LogP) is 8.90. The second kappa shape index (κ2) is 17.4. The topological polar surface area (TPSA) is 83.8 Å². The van der Waals surface area contributed by atoms with Gasteiger partial charge in [-0.1, -0.05) is 84.0 Å². The fourth-order valence-corrected chi connectivity index (χ4v) is 6.24. The highest BCUT2D eigenvalue weighted by atomic mass is 16.5. The maximum atomic E-state index is 13.2. The van der Waals surface area contributed by atoms with Crippen molar-refractivity contribution in [2.45, 2.75) is 117 Å². The van der Waals surface area contributed by atoms with Gasteiger partial charge >= 0.3 is 0 Å². The van der Waals surface area contributed by atoms with Gasteiger partial charge in [-0.2, -0.15) is 0 Å². The maximum Gasteiger partial charge on any atom is 0.201 e. The van der Waals surface area contributed by atoms with Crippen LogP contribution < -0.4 is 4.74 Å². The number of hydrogen-bond donors (Lipinski definition) is 2. The zero-order valence-corrected chi connectivity index (χ0v) is 27.3. The minimum atomic E-state index is -0.551. The molecular weight excluding hydrogens is 538 g/mol. The number of rotatable bonds is 21. The first kappa shape index (κ1) is 34.6. The minimum absolute atomic E-state index is 0.0538. The molecule has 2 aromatic rings. The molecule has 0 saturated heterocycles. The summed E-state index contributed by atoms with van der Waals surface area (Å²) >= 11 is 0. The van der Waals surface area contributed by atoms with Gasteiger partial charge in [-0.05, 0) is 56.4 Å². The summed E-state index contributed by atoms with van der Waals surface area (Å²) in [5.41, 5.74) is 0.824. The van der Waals surface area contributed by atoms with Crippen molar-refractivity contribution in [3.05, 3.63) is 52.1 Å². The van der Waals surface area contributed by atoms with E-state index in [-0.39, 0.29) is 33.8 Å². The highest BCUT2D eigenvalue weighted by Gasteiger charge is 2.35. The van der Waals surface area contributed by atoms with Crippen molar-refractivity contribution in [3.8, 4) is 17.2 Å². The molecule has 238 valence electrons. The Kier molecular flexibility index (Phi) is 14.0. The maximum absolute atomic E-state index is 13.2. The molecule has 1 aliphatic carbocycles. The zero-order chi connectivity index (χ0) is 31.2. The van der Waals surface area contributed by atoms with Gasteiger partial charge in [0.25, 0.3) is 0 Å². The second-order valence-corrected chi connectivity index (χ2v) is 13.3. The lowest BCUT2D eigenvalue weighted by atomic mass is 9.82. The molecule has 43 heavy (non-hydrogen) atoms. The number of benzene rings is 2. The Balaban J connectivity index is 1.29. The second-order valence-electron chi connectivity index (χ2n) is 13.3. The highest BCUT2D eigenvalue weighted by molar-refractivity contribution is 6.30. The van der Waals surface area contributed by atoms with Gasteiger partial charge in [0.2, 0.25) is 5.78 Å². The number of unbranched alkanes of at least 4 members (excludes halogenated alkanes) is 14. The third kappa shape index (κ3) is 10.7. The van der Waals surface area contributed by atoms with Crippen molar-refractivity contribution >= 4 is 11.6 Å². The molecular formula is C37H56NO5+. The van der Waals surface area contributed by atoms with Crippen LogP contribution in [0, 0.1) is 6.92 Å². The summed E-state index contributed by atoms with van der Waals surface area (Å²) < 4.78 is 6.89. The number of phenols is 2. The molecule has 0 saturated carbocycles. The molecule has 0 radical (unpaired) electrons. The Morgan fingerprint density at radius 1 is 0.605 bits per heavy atom. The molecule has 0 unspecified atom stereocenters. The third-order valence-corrected chi connectivity index (χ3v) is 8.84. The van der Waals surface area contributed by atoms with E-state index in [2.05, 4.69) is 21.0 Å². The number of fused-ring (bicyclic) bond motifs is 2. The van der Waals surface area contributed by atoms with E-state index >= 15 is 0 Å². The molecule has 0 amide bonds. The van der Waals surface area contributed by atoms with Crippen LogP contribution in [-0.4, -0.2) is 60.1 Å². The summed E-state index contributed by atoms with van der Waals surface area (Å²) in [4.78, 5) is 26.2. The van der Waals surface area contributed by atoms with E-state index in [0.29, 0.717) is 17.9 Å². The summed E-state index contributed by atoms with van der Waals surface area (Å²) in [6.45, 7) is 6.76. The number of aryl methyl sites for hydroxylation is 1. The zero-order valence-electron chi connectivity index (χ0n) is 27.3. The van der Waals surface area contributed by atoms with Crippen molar-refractivity contribution < 1.29 is 29.0 Å². The van der Waals surface area contributed by atoms with E-state index in [1.165, 1.54) is 115 Å². The predicted molar refractivity (Wildman–Crippen MR) is 175 cm³/mol.